The van der Waals surface area contributed by atoms with Gasteiger partial charge in [0.05, 0.1) is 0 Å². The van der Waals surface area contributed by atoms with Gasteiger partial charge in [0.25, 0.3) is 5.91 Å². The number of piperidine rings is 1. The van der Waals surface area contributed by atoms with Gasteiger partial charge in [-0.1, -0.05) is 11.6 Å². The number of piperazine rings is 1. The Bertz CT molecular complexity index is 566. The molecule has 0 radical (unpaired) electrons. The number of amides is 2. The van der Waals surface area contributed by atoms with Crippen LogP contribution in [0.2, 0.25) is 5.02 Å². The number of halogens is 2. The van der Waals surface area contributed by atoms with Gasteiger partial charge in [0.2, 0.25) is 5.91 Å². The maximum absolute atomic E-state index is 12.5. The van der Waals surface area contributed by atoms with E-state index in [2.05, 4.69) is 5.32 Å². The highest BCUT2D eigenvalue weighted by Gasteiger charge is 2.29. The summed E-state index contributed by atoms with van der Waals surface area (Å²) in [5.74, 6) is 0.412. The number of carbonyl (C=O) groups is 2. The number of rotatable bonds is 2. The second kappa shape index (κ2) is 8.70. The highest BCUT2D eigenvalue weighted by molar-refractivity contribution is 6.30. The molecule has 2 fully saturated rings. The Morgan fingerprint density at radius 1 is 0.958 bits per heavy atom. The molecule has 1 N–H and O–H groups in total. The van der Waals surface area contributed by atoms with Crippen molar-refractivity contribution in [2.75, 3.05) is 39.3 Å². The number of benzene rings is 1. The third-order valence-electron chi connectivity index (χ3n) is 4.66. The molecule has 7 heteroatoms. The van der Waals surface area contributed by atoms with Crippen LogP contribution >= 0.6 is 24.0 Å². The number of hydrogen-bond acceptors (Lipinski definition) is 3. The lowest BCUT2D eigenvalue weighted by molar-refractivity contribution is -0.137. The van der Waals surface area contributed by atoms with Crippen LogP contribution in [0.25, 0.3) is 0 Å². The van der Waals surface area contributed by atoms with Crippen molar-refractivity contribution in [3.63, 3.8) is 0 Å². The molecule has 2 aliphatic heterocycles. The summed E-state index contributed by atoms with van der Waals surface area (Å²) in [7, 11) is 0. The molecular formula is C17H23Cl2N3O2. The van der Waals surface area contributed by atoms with Crippen LogP contribution in [0.15, 0.2) is 24.3 Å². The zero-order chi connectivity index (χ0) is 16.2. The van der Waals surface area contributed by atoms with Crippen molar-refractivity contribution in [3.8, 4) is 0 Å². The molecule has 0 aromatic heterocycles. The quantitative estimate of drug-likeness (QED) is 0.865. The van der Waals surface area contributed by atoms with Crippen LogP contribution in [-0.2, 0) is 4.79 Å². The summed E-state index contributed by atoms with van der Waals surface area (Å²) < 4.78 is 0. The molecule has 0 spiro atoms. The van der Waals surface area contributed by atoms with Crippen molar-refractivity contribution < 1.29 is 9.59 Å². The van der Waals surface area contributed by atoms with E-state index in [4.69, 9.17) is 11.6 Å². The molecule has 0 saturated carbocycles. The SMILES string of the molecule is Cl.O=C(c1ccc(Cl)cc1)N1CCN(C(=O)C2CCNCC2)CC1. The number of nitrogens with one attached hydrogen (secondary N) is 1. The Morgan fingerprint density at radius 2 is 1.50 bits per heavy atom. The number of hydrogen-bond donors (Lipinski definition) is 1. The Hall–Kier alpha value is -1.30. The molecule has 1 aromatic carbocycles. The highest BCUT2D eigenvalue weighted by atomic mass is 35.5. The van der Waals surface area contributed by atoms with Crippen LogP contribution in [0.1, 0.15) is 23.2 Å². The summed E-state index contributed by atoms with van der Waals surface area (Å²) in [5, 5.41) is 3.91. The van der Waals surface area contributed by atoms with Crippen molar-refractivity contribution in [3.05, 3.63) is 34.9 Å². The molecule has 3 rings (SSSR count). The van der Waals surface area contributed by atoms with Crippen LogP contribution in [0.3, 0.4) is 0 Å². The topological polar surface area (TPSA) is 52.7 Å². The Labute approximate surface area is 153 Å². The summed E-state index contributed by atoms with van der Waals surface area (Å²) in [5.41, 5.74) is 0.646. The van der Waals surface area contributed by atoms with E-state index in [-0.39, 0.29) is 30.1 Å². The fourth-order valence-electron chi connectivity index (χ4n) is 3.23. The van der Waals surface area contributed by atoms with Crippen LogP contribution in [0.4, 0.5) is 0 Å². The predicted molar refractivity (Wildman–Crippen MR) is 96.8 cm³/mol. The zero-order valence-electron chi connectivity index (χ0n) is 13.5. The van der Waals surface area contributed by atoms with Gasteiger partial charge in [-0.25, -0.2) is 0 Å². The normalized spacial score (nSPS) is 18.9. The van der Waals surface area contributed by atoms with E-state index >= 15 is 0 Å². The van der Waals surface area contributed by atoms with Gasteiger partial charge in [-0.2, -0.15) is 0 Å². The molecule has 24 heavy (non-hydrogen) atoms. The Kier molecular flexibility index (Phi) is 6.90. The van der Waals surface area contributed by atoms with Gasteiger partial charge in [0, 0.05) is 42.7 Å². The lowest BCUT2D eigenvalue weighted by Crippen LogP contribution is -2.52. The third-order valence-corrected chi connectivity index (χ3v) is 4.91. The molecule has 0 bridgehead atoms. The van der Waals surface area contributed by atoms with Gasteiger partial charge in [0.1, 0.15) is 0 Å². The summed E-state index contributed by atoms with van der Waals surface area (Å²) in [6.45, 7) is 4.29. The summed E-state index contributed by atoms with van der Waals surface area (Å²) in [4.78, 5) is 28.7. The van der Waals surface area contributed by atoms with Gasteiger partial charge < -0.3 is 15.1 Å². The van der Waals surface area contributed by atoms with Crippen molar-refractivity contribution >= 4 is 35.8 Å². The van der Waals surface area contributed by atoms with E-state index < -0.39 is 0 Å². The first-order valence-corrected chi connectivity index (χ1v) is 8.57. The smallest absolute Gasteiger partial charge is 0.253 e. The van der Waals surface area contributed by atoms with Gasteiger partial charge >= 0.3 is 0 Å². The van der Waals surface area contributed by atoms with Gasteiger partial charge in [-0.15, -0.1) is 12.4 Å². The minimum atomic E-state index is 0. The van der Waals surface area contributed by atoms with Gasteiger partial charge in [0.15, 0.2) is 0 Å². The summed E-state index contributed by atoms with van der Waals surface area (Å²) in [6.07, 6.45) is 1.84. The highest BCUT2D eigenvalue weighted by Crippen LogP contribution is 2.18. The Balaban J connectivity index is 0.00000208. The lowest BCUT2D eigenvalue weighted by atomic mass is 9.96. The molecule has 2 amide bonds. The monoisotopic (exact) mass is 371 g/mol. The number of carbonyl (C=O) groups excluding carboxylic acids is 2. The van der Waals surface area contributed by atoms with Crippen molar-refractivity contribution in [1.82, 2.24) is 15.1 Å². The van der Waals surface area contributed by atoms with Gasteiger partial charge in [-0.05, 0) is 50.2 Å². The van der Waals surface area contributed by atoms with Crippen LogP contribution in [-0.4, -0.2) is 60.9 Å². The molecule has 132 valence electrons. The standard InChI is InChI=1S/C17H22ClN3O2.ClH/c18-15-3-1-13(2-4-15)16(22)20-9-11-21(12-10-20)17(23)14-5-7-19-8-6-14;/h1-4,14,19H,5-12H2;1H. The first-order valence-electron chi connectivity index (χ1n) is 8.19. The second-order valence-electron chi connectivity index (χ2n) is 6.15. The minimum absolute atomic E-state index is 0. The maximum Gasteiger partial charge on any atom is 0.253 e. The van der Waals surface area contributed by atoms with Crippen molar-refractivity contribution in [2.24, 2.45) is 5.92 Å². The average molecular weight is 372 g/mol. The van der Waals surface area contributed by atoms with E-state index in [1.165, 1.54) is 0 Å². The first kappa shape index (κ1) is 19.0. The van der Waals surface area contributed by atoms with Crippen LogP contribution in [0.5, 0.6) is 0 Å². The molecule has 0 aliphatic carbocycles. The average Bonchev–Trinajstić information content (AvgIpc) is 2.62. The van der Waals surface area contributed by atoms with E-state index in [9.17, 15) is 9.59 Å². The molecular weight excluding hydrogens is 349 g/mol. The van der Waals surface area contributed by atoms with E-state index in [0.717, 1.165) is 25.9 Å². The number of nitrogens with zero attached hydrogens (tertiary/aromatic N) is 2. The van der Waals surface area contributed by atoms with Crippen LogP contribution in [0, 0.1) is 5.92 Å². The molecule has 2 saturated heterocycles. The maximum atomic E-state index is 12.5. The molecule has 2 heterocycles. The molecule has 0 unspecified atom stereocenters. The molecule has 0 atom stereocenters. The lowest BCUT2D eigenvalue weighted by Gasteiger charge is -2.37. The Morgan fingerprint density at radius 3 is 2.08 bits per heavy atom. The van der Waals surface area contributed by atoms with E-state index in [1.807, 2.05) is 9.80 Å². The molecule has 5 nitrogen and oxygen atoms in total. The van der Waals surface area contributed by atoms with E-state index in [0.29, 0.717) is 36.8 Å². The van der Waals surface area contributed by atoms with Crippen molar-refractivity contribution in [2.45, 2.75) is 12.8 Å². The summed E-state index contributed by atoms with van der Waals surface area (Å²) >= 11 is 5.86. The van der Waals surface area contributed by atoms with E-state index in [1.54, 1.807) is 24.3 Å². The molecule has 1 aromatic rings. The largest absolute Gasteiger partial charge is 0.339 e. The third kappa shape index (κ3) is 4.41. The first-order chi connectivity index (χ1) is 11.1. The van der Waals surface area contributed by atoms with Crippen LogP contribution < -0.4 is 5.32 Å². The minimum Gasteiger partial charge on any atom is -0.339 e. The fraction of sp³-hybridized carbons (Fsp3) is 0.529. The second-order valence-corrected chi connectivity index (χ2v) is 6.59. The summed E-state index contributed by atoms with van der Waals surface area (Å²) in [6, 6.07) is 6.95. The predicted octanol–water partition coefficient (Wildman–Crippen LogP) is 2.05. The molecule has 2 aliphatic rings. The van der Waals surface area contributed by atoms with Crippen molar-refractivity contribution in [1.29, 1.82) is 0 Å². The fourth-order valence-corrected chi connectivity index (χ4v) is 3.36. The van der Waals surface area contributed by atoms with Gasteiger partial charge in [-0.3, -0.25) is 9.59 Å². The zero-order valence-corrected chi connectivity index (χ0v) is 15.1.